The number of aromatic carboxylic acids is 1. The molecule has 8 bridgehead atoms. The molecule has 0 aliphatic carbocycles. The molecule has 1 saturated heterocycles. The molecular weight excluding hydrogens is 709 g/mol. The van der Waals surface area contributed by atoms with E-state index in [9.17, 15) is 34.5 Å². The van der Waals surface area contributed by atoms with Crippen LogP contribution in [0.5, 0.6) is 0 Å². The molecule has 15 heteroatoms. The van der Waals surface area contributed by atoms with Gasteiger partial charge in [0.15, 0.2) is 0 Å². The molecule has 1 radical (unpaired) electrons. The van der Waals surface area contributed by atoms with Crippen molar-refractivity contribution >= 4 is 59.8 Å². The Labute approximate surface area is 361 Å². The molecule has 5 rings (SSSR count). The summed E-state index contributed by atoms with van der Waals surface area (Å²) in [5.74, 6) is -6.13. The average molecular weight is 741 g/mol. The number of allylic oxidation sites excluding steroid dienone is 2. The number of aliphatic imine (C=N–C) groups is 1. The summed E-state index contributed by atoms with van der Waals surface area (Å²) < 4.78 is 0. The van der Waals surface area contributed by atoms with Crippen LogP contribution >= 0.6 is 0 Å². The molecule has 0 amide bonds. The molecular formula is C34H32CuN4Na3O7-3. The molecule has 3 aliphatic heterocycles. The standard InChI is InChI=1S/C34H36N4O7.Cu.3Na/c1-6-18-15(3)23-11-24-16(4)20(8-9-29(40)41)32(37-24)21(10-30(42)43)33-31(34(44)45)17(5)25(38-33)12-27-19(7-2)22(14-39)28(36-27)13-26(18)35-23;;;;/h6,11-14,16,19-20,22,27H,1,7-10H2,2-5H3,(H4,37,38,40,41,42,43,44,45);;;;/q-2;;3*+1/p-4/b24-11-,25-12-,28-13-;;;;. The monoisotopic (exact) mass is 740 g/mol. The zero-order valence-electron chi connectivity index (χ0n) is 28.8. The van der Waals surface area contributed by atoms with E-state index in [0.29, 0.717) is 29.2 Å². The van der Waals surface area contributed by atoms with E-state index in [1.807, 2.05) is 20.8 Å². The van der Waals surface area contributed by atoms with Gasteiger partial charge >= 0.3 is 88.7 Å². The number of carbonyl (C=O) groups excluding carboxylic acids is 4. The normalized spacial score (nSPS) is 24.7. The number of aliphatic carboxylic acids is 2. The van der Waals surface area contributed by atoms with E-state index in [1.165, 1.54) is 0 Å². The number of aromatic nitrogens is 2. The molecule has 5 heterocycles. The first-order valence-electron chi connectivity index (χ1n) is 14.9. The molecule has 5 unspecified atom stereocenters. The Bertz CT molecular complexity index is 1860. The van der Waals surface area contributed by atoms with E-state index in [2.05, 4.69) is 11.6 Å². The van der Waals surface area contributed by atoms with Gasteiger partial charge < -0.3 is 49.8 Å². The van der Waals surface area contributed by atoms with Crippen molar-refractivity contribution in [3.05, 3.63) is 67.6 Å². The van der Waals surface area contributed by atoms with Crippen molar-refractivity contribution in [2.24, 2.45) is 28.7 Å². The molecule has 0 N–H and O–H groups in total. The molecule has 0 spiro atoms. The quantitative estimate of drug-likeness (QED) is 0.177. The van der Waals surface area contributed by atoms with Crippen molar-refractivity contribution in [1.82, 2.24) is 9.97 Å². The average Bonchev–Trinajstić information content (AvgIpc) is 3.67. The number of fused-ring (bicyclic) bond motifs is 7. The number of carboxylic acid groups (broad SMARTS) is 3. The molecule has 5 atom stereocenters. The van der Waals surface area contributed by atoms with Gasteiger partial charge in [-0.05, 0) is 49.3 Å². The number of nitrogens with zero attached hydrogens (tertiary/aromatic N) is 4. The number of rotatable bonds is 9. The Morgan fingerprint density at radius 1 is 1.00 bits per heavy atom. The summed E-state index contributed by atoms with van der Waals surface area (Å²) in [7, 11) is 0. The topological polar surface area (TPSA) is 192 Å². The van der Waals surface area contributed by atoms with Gasteiger partial charge in [-0.3, -0.25) is 4.99 Å². The third-order valence-corrected chi connectivity index (χ3v) is 9.24. The van der Waals surface area contributed by atoms with Crippen LogP contribution in [0.4, 0.5) is 0 Å². The first-order chi connectivity index (χ1) is 21.4. The van der Waals surface area contributed by atoms with E-state index in [4.69, 9.17) is 15.3 Å². The Hall–Kier alpha value is -1.41. The van der Waals surface area contributed by atoms with Gasteiger partial charge in [0.05, 0.1) is 5.97 Å². The summed E-state index contributed by atoms with van der Waals surface area (Å²) in [5.41, 5.74) is 3.87. The summed E-state index contributed by atoms with van der Waals surface area (Å²) in [6.07, 6.45) is 7.35. The molecule has 1 fully saturated rings. The third kappa shape index (κ3) is 8.98. The van der Waals surface area contributed by atoms with Crippen molar-refractivity contribution in [1.29, 1.82) is 0 Å². The van der Waals surface area contributed by atoms with E-state index in [-0.39, 0.29) is 158 Å². The SMILES string of the molecule is C=Cc1c2[n-]c(c1C)/C=C1\N=C(C(CC(=O)[O-])=c3[n-]/c(c(C)c3C(=O)[O-])=C\C3[N-]/C(=C\2)C(C=O)C3CC)C(CCC(=O)[O-])C1C.[Cu].[Na+].[Na+].[Na+]. The van der Waals surface area contributed by atoms with Gasteiger partial charge in [-0.1, -0.05) is 62.2 Å². The number of aldehydes is 1. The molecule has 0 saturated carbocycles. The number of hydrogen-bond donors (Lipinski definition) is 0. The van der Waals surface area contributed by atoms with Crippen molar-refractivity contribution in [2.75, 3.05) is 0 Å². The maximum atomic E-state index is 12.5. The fourth-order valence-corrected chi connectivity index (χ4v) is 6.82. The second-order valence-corrected chi connectivity index (χ2v) is 11.7. The smallest absolute Gasteiger partial charge is 0.681 e. The molecule has 49 heavy (non-hydrogen) atoms. The predicted molar refractivity (Wildman–Crippen MR) is 161 cm³/mol. The maximum Gasteiger partial charge on any atom is 1.00 e. The minimum absolute atomic E-state index is 0. The fraction of sp³-hybridized carbons (Fsp3) is 0.382. The summed E-state index contributed by atoms with van der Waals surface area (Å²) in [5, 5.41) is 41.2. The van der Waals surface area contributed by atoms with Gasteiger partial charge in [0.1, 0.15) is 6.29 Å². The van der Waals surface area contributed by atoms with Gasteiger partial charge in [0.25, 0.3) is 0 Å². The first kappa shape index (κ1) is 45.6. The Morgan fingerprint density at radius 3 is 2.22 bits per heavy atom. The Morgan fingerprint density at radius 2 is 1.67 bits per heavy atom. The number of carboxylic acids is 3. The van der Waals surface area contributed by atoms with Crippen LogP contribution in [0.1, 0.15) is 78.0 Å². The van der Waals surface area contributed by atoms with Gasteiger partial charge in [0, 0.05) is 64.6 Å². The maximum absolute atomic E-state index is 12.5. The van der Waals surface area contributed by atoms with Crippen LogP contribution in [0.2, 0.25) is 0 Å². The van der Waals surface area contributed by atoms with Crippen LogP contribution < -0.4 is 125 Å². The molecule has 2 aromatic rings. The molecule has 247 valence electrons. The number of carbonyl (C=O) groups is 4. The largest absolute Gasteiger partial charge is 1.00 e. The van der Waals surface area contributed by atoms with Crippen molar-refractivity contribution < 1.29 is 140 Å². The summed E-state index contributed by atoms with van der Waals surface area (Å²) in [4.78, 5) is 62.8. The molecule has 0 aromatic carbocycles. The van der Waals surface area contributed by atoms with E-state index >= 15 is 0 Å². The van der Waals surface area contributed by atoms with Crippen LogP contribution in [0.25, 0.3) is 35.2 Å². The van der Waals surface area contributed by atoms with Crippen LogP contribution in [0, 0.1) is 37.5 Å². The third-order valence-electron chi connectivity index (χ3n) is 9.24. The summed E-state index contributed by atoms with van der Waals surface area (Å²) in [6, 6.07) is -0.543. The second kappa shape index (κ2) is 18.9. The van der Waals surface area contributed by atoms with Crippen molar-refractivity contribution in [3.8, 4) is 0 Å². The summed E-state index contributed by atoms with van der Waals surface area (Å²) >= 11 is 0. The van der Waals surface area contributed by atoms with E-state index < -0.39 is 48.1 Å². The van der Waals surface area contributed by atoms with Crippen molar-refractivity contribution in [3.63, 3.8) is 0 Å². The second-order valence-electron chi connectivity index (χ2n) is 11.7. The van der Waals surface area contributed by atoms with E-state index in [1.54, 1.807) is 31.2 Å². The van der Waals surface area contributed by atoms with Gasteiger partial charge in [-0.15, -0.1) is 28.2 Å². The van der Waals surface area contributed by atoms with Gasteiger partial charge in [-0.2, -0.15) is 5.70 Å². The molecule has 11 nitrogen and oxygen atoms in total. The van der Waals surface area contributed by atoms with Crippen LogP contribution in [0.15, 0.2) is 23.0 Å². The zero-order chi connectivity index (χ0) is 32.7. The van der Waals surface area contributed by atoms with Gasteiger partial charge in [-0.25, -0.2) is 0 Å². The minimum Gasteiger partial charge on any atom is -0.681 e. The Kier molecular flexibility index (Phi) is 17.6. The van der Waals surface area contributed by atoms with Crippen molar-refractivity contribution in [2.45, 2.75) is 59.4 Å². The van der Waals surface area contributed by atoms with Crippen LogP contribution in [-0.2, 0) is 31.5 Å². The molecule has 2 aromatic heterocycles. The minimum atomic E-state index is -1.56. The fourth-order valence-electron chi connectivity index (χ4n) is 6.82. The zero-order valence-corrected chi connectivity index (χ0v) is 35.7. The molecule has 3 aliphatic rings. The van der Waals surface area contributed by atoms with Gasteiger partial charge in [0.2, 0.25) is 0 Å². The number of hydrogen-bond acceptors (Lipinski definition) is 8. The predicted octanol–water partition coefficient (Wildman–Crippen LogP) is -9.47. The van der Waals surface area contributed by atoms with Crippen LogP contribution in [-0.4, -0.2) is 35.9 Å². The summed E-state index contributed by atoms with van der Waals surface area (Å²) in [6.45, 7) is 11.1. The first-order valence-corrected chi connectivity index (χ1v) is 14.9. The Balaban J connectivity index is 0.00000300. The van der Waals surface area contributed by atoms with Crippen LogP contribution in [0.3, 0.4) is 0 Å². The van der Waals surface area contributed by atoms with E-state index in [0.717, 1.165) is 17.4 Å².